The zero-order chi connectivity index (χ0) is 24.3. The highest BCUT2D eigenvalue weighted by molar-refractivity contribution is 7.89. The number of phenolic OH excluding ortho intramolecular Hbond substituents is 1. The first-order valence-electron chi connectivity index (χ1n) is 10.3. The molecule has 5 N–H and O–H groups in total. The molecule has 0 aliphatic heterocycles. The van der Waals surface area contributed by atoms with Crippen molar-refractivity contribution in [1.29, 1.82) is 0 Å². The normalized spacial score (nSPS) is 13.5. The summed E-state index contributed by atoms with van der Waals surface area (Å²) in [5, 5.41) is 24.3. The molecular weight excluding hydrogens is 461 g/mol. The molecule has 2 atom stereocenters. The average Bonchev–Trinajstić information content (AvgIpc) is 3.26. The van der Waals surface area contributed by atoms with Gasteiger partial charge in [-0.1, -0.05) is 30.3 Å². The topological polar surface area (TPSA) is 132 Å². The van der Waals surface area contributed by atoms with Gasteiger partial charge in [-0.25, -0.2) is 17.5 Å². The predicted octanol–water partition coefficient (Wildman–Crippen LogP) is 2.82. The zero-order valence-corrected chi connectivity index (χ0v) is 18.6. The van der Waals surface area contributed by atoms with Crippen LogP contribution in [0.3, 0.4) is 0 Å². The van der Waals surface area contributed by atoms with Crippen molar-refractivity contribution in [2.24, 2.45) is 0 Å². The first-order chi connectivity index (χ1) is 16.3. The van der Waals surface area contributed by atoms with Gasteiger partial charge >= 0.3 is 0 Å². The Bertz CT molecular complexity index is 1420. The smallest absolute Gasteiger partial charge is 0.255 e. The highest BCUT2D eigenvalue weighted by Gasteiger charge is 2.29. The molecule has 0 saturated carbocycles. The van der Waals surface area contributed by atoms with Crippen LogP contribution in [-0.2, 0) is 10.0 Å². The van der Waals surface area contributed by atoms with E-state index >= 15 is 0 Å². The maximum absolute atomic E-state index is 13.3. The molecule has 0 fully saturated rings. The number of aromatic nitrogens is 1. The number of carbonyl (C=O) groups excluding carboxylic acids is 1. The Balaban J connectivity index is 1.63. The molecule has 3 aromatic carbocycles. The van der Waals surface area contributed by atoms with Gasteiger partial charge in [0.05, 0.1) is 22.6 Å². The largest absolute Gasteiger partial charge is 0.507 e. The van der Waals surface area contributed by atoms with Gasteiger partial charge < -0.3 is 20.5 Å². The number of aromatic hydroxyl groups is 1. The fourth-order valence-electron chi connectivity index (χ4n) is 3.62. The van der Waals surface area contributed by atoms with E-state index in [1.165, 1.54) is 12.1 Å². The molecule has 0 spiro atoms. The van der Waals surface area contributed by atoms with Crippen molar-refractivity contribution < 1.29 is 27.8 Å². The minimum absolute atomic E-state index is 0.00391. The maximum atomic E-state index is 13.3. The summed E-state index contributed by atoms with van der Waals surface area (Å²) in [6.45, 7) is -0.297. The molecule has 1 heterocycles. The Morgan fingerprint density at radius 2 is 1.68 bits per heavy atom. The van der Waals surface area contributed by atoms with Crippen LogP contribution in [0.15, 0.2) is 83.9 Å². The zero-order valence-electron chi connectivity index (χ0n) is 17.8. The van der Waals surface area contributed by atoms with Crippen molar-refractivity contribution in [1.82, 2.24) is 15.0 Å². The number of aromatic amines is 1. The van der Waals surface area contributed by atoms with Crippen LogP contribution in [-0.4, -0.2) is 42.1 Å². The number of benzene rings is 3. The number of aliphatic hydroxyl groups is 1. The molecular formula is C24H22FN3O5S. The third kappa shape index (κ3) is 4.93. The average molecular weight is 484 g/mol. The molecule has 0 saturated heterocycles. The fraction of sp³-hybridized carbons (Fsp3) is 0.125. The number of carbonyl (C=O) groups is 1. The van der Waals surface area contributed by atoms with E-state index in [4.69, 9.17) is 0 Å². The summed E-state index contributed by atoms with van der Waals surface area (Å²) in [6, 6.07) is 16.1. The number of aliphatic hydroxyl groups excluding tert-OH is 1. The third-order valence-corrected chi connectivity index (χ3v) is 6.89. The number of fused-ring (bicyclic) bond motifs is 1. The number of halogens is 1. The number of hydrogen-bond acceptors (Lipinski definition) is 5. The minimum Gasteiger partial charge on any atom is -0.507 e. The lowest BCUT2D eigenvalue weighted by Crippen LogP contribution is -2.47. The van der Waals surface area contributed by atoms with Gasteiger partial charge in [-0.05, 0) is 42.5 Å². The first kappa shape index (κ1) is 23.4. The molecule has 0 aliphatic carbocycles. The van der Waals surface area contributed by atoms with Gasteiger partial charge in [0, 0.05) is 29.2 Å². The van der Waals surface area contributed by atoms with Crippen LogP contribution in [0.25, 0.3) is 10.9 Å². The molecule has 10 heteroatoms. The minimum atomic E-state index is -4.17. The van der Waals surface area contributed by atoms with Crippen LogP contribution in [0.1, 0.15) is 22.0 Å². The quantitative estimate of drug-likeness (QED) is 0.263. The second-order valence-electron chi connectivity index (χ2n) is 7.64. The molecule has 4 aromatic rings. The number of H-pyrrole nitrogens is 1. The number of sulfonamides is 1. The highest BCUT2D eigenvalue weighted by Crippen LogP contribution is 2.27. The molecule has 0 aliphatic rings. The fourth-order valence-corrected chi connectivity index (χ4v) is 4.86. The van der Waals surface area contributed by atoms with Gasteiger partial charge in [0.15, 0.2) is 0 Å². The molecule has 8 nitrogen and oxygen atoms in total. The maximum Gasteiger partial charge on any atom is 0.255 e. The van der Waals surface area contributed by atoms with E-state index in [0.29, 0.717) is 10.9 Å². The van der Waals surface area contributed by atoms with Crippen molar-refractivity contribution in [3.8, 4) is 5.75 Å². The van der Waals surface area contributed by atoms with Crippen molar-refractivity contribution >= 4 is 26.8 Å². The molecule has 1 amide bonds. The van der Waals surface area contributed by atoms with E-state index in [1.54, 1.807) is 30.5 Å². The van der Waals surface area contributed by atoms with Gasteiger partial charge in [0.25, 0.3) is 5.91 Å². The number of nitrogens with one attached hydrogen (secondary N) is 3. The summed E-state index contributed by atoms with van der Waals surface area (Å²) >= 11 is 0. The van der Waals surface area contributed by atoms with Crippen molar-refractivity contribution in [3.63, 3.8) is 0 Å². The monoisotopic (exact) mass is 483 g/mol. The highest BCUT2D eigenvalue weighted by atomic mass is 32.2. The summed E-state index contributed by atoms with van der Waals surface area (Å²) in [6.07, 6.45) is 0.218. The molecule has 4 rings (SSSR count). The van der Waals surface area contributed by atoms with Gasteiger partial charge in [0.2, 0.25) is 10.0 Å². The van der Waals surface area contributed by atoms with Crippen LogP contribution in [0, 0.1) is 5.82 Å². The number of amides is 1. The lowest BCUT2D eigenvalue weighted by atomic mass is 10.0. The lowest BCUT2D eigenvalue weighted by molar-refractivity contribution is 0.0924. The van der Waals surface area contributed by atoms with Gasteiger partial charge in [-0.2, -0.15) is 0 Å². The van der Waals surface area contributed by atoms with Crippen LogP contribution >= 0.6 is 0 Å². The SMILES string of the molecule is O=C(NCC(NS(=O)(=O)c1ccc(F)cc1)C(O)c1c[nH]c2ccccc12)c1ccccc1O. The van der Waals surface area contributed by atoms with Crippen LogP contribution in [0.4, 0.5) is 4.39 Å². The number of para-hydroxylation sites is 2. The van der Waals surface area contributed by atoms with Crippen molar-refractivity contribution in [2.45, 2.75) is 17.0 Å². The van der Waals surface area contributed by atoms with Crippen LogP contribution in [0.5, 0.6) is 5.75 Å². The van der Waals surface area contributed by atoms with E-state index in [9.17, 15) is 27.8 Å². The summed E-state index contributed by atoms with van der Waals surface area (Å²) in [5.41, 5.74) is 1.18. The molecule has 1 aromatic heterocycles. The number of phenols is 1. The summed E-state index contributed by atoms with van der Waals surface area (Å²) in [7, 11) is -4.17. The van der Waals surface area contributed by atoms with E-state index in [2.05, 4.69) is 15.0 Å². The standard InChI is InChI=1S/C24H22FN3O5S/c25-15-9-11-16(12-10-15)34(32,33)28-21(14-27-24(31)18-6-2-4-8-22(18)29)23(30)19-13-26-20-7-3-1-5-17(19)20/h1-13,21,23,26,28-30H,14H2,(H,27,31). The van der Waals surface area contributed by atoms with Gasteiger partial charge in [0.1, 0.15) is 11.6 Å². The van der Waals surface area contributed by atoms with Crippen LogP contribution < -0.4 is 10.0 Å². The van der Waals surface area contributed by atoms with E-state index in [-0.39, 0.29) is 22.8 Å². The van der Waals surface area contributed by atoms with E-state index in [0.717, 1.165) is 29.8 Å². The van der Waals surface area contributed by atoms with Crippen molar-refractivity contribution in [3.05, 3.63) is 95.9 Å². The first-order valence-corrected chi connectivity index (χ1v) is 11.8. The summed E-state index contributed by atoms with van der Waals surface area (Å²) in [4.78, 5) is 15.4. The Labute approximate surface area is 195 Å². The van der Waals surface area contributed by atoms with Gasteiger partial charge in [-0.15, -0.1) is 0 Å². The third-order valence-electron chi connectivity index (χ3n) is 5.38. The summed E-state index contributed by atoms with van der Waals surface area (Å²) in [5.74, 6) is -1.47. The Morgan fingerprint density at radius 1 is 1.00 bits per heavy atom. The molecule has 0 bridgehead atoms. The second-order valence-corrected chi connectivity index (χ2v) is 9.36. The van der Waals surface area contributed by atoms with Gasteiger partial charge in [-0.3, -0.25) is 4.79 Å². The number of hydrogen-bond donors (Lipinski definition) is 5. The van der Waals surface area contributed by atoms with Crippen LogP contribution in [0.2, 0.25) is 0 Å². The predicted molar refractivity (Wildman–Crippen MR) is 124 cm³/mol. The summed E-state index contributed by atoms with van der Waals surface area (Å²) < 4.78 is 41.6. The second kappa shape index (κ2) is 9.64. The number of rotatable bonds is 8. The molecule has 176 valence electrons. The van der Waals surface area contributed by atoms with E-state index in [1.807, 2.05) is 12.1 Å². The Morgan fingerprint density at radius 3 is 2.41 bits per heavy atom. The molecule has 2 unspecified atom stereocenters. The lowest BCUT2D eigenvalue weighted by Gasteiger charge is -2.24. The van der Waals surface area contributed by atoms with E-state index < -0.39 is 33.9 Å². The Hall–Kier alpha value is -3.73. The Kier molecular flexibility index (Phi) is 6.64. The molecule has 34 heavy (non-hydrogen) atoms. The van der Waals surface area contributed by atoms with Crippen molar-refractivity contribution in [2.75, 3.05) is 6.54 Å². The molecule has 0 radical (unpaired) electrons.